The lowest BCUT2D eigenvalue weighted by Gasteiger charge is -2.32. The van der Waals surface area contributed by atoms with Crippen LogP contribution >= 0.6 is 0 Å². The second kappa shape index (κ2) is 18.0. The van der Waals surface area contributed by atoms with E-state index in [0.717, 1.165) is 76.0 Å². The standard InChI is InChI=1S/C31H52F3N7O/c1-6-12-23(13-7-2)37-20-25(22-16-17-22)28(35)39-30-38-21-26(31(32,33)34)29(40-30)36-18-11-19-41(27(42)10-5)24(14-8-3)15-9-4/h20-24,37H,6-19H2,1-5H3,(H3,35,36,38,39,40)/b25-20-. The second-order valence-corrected chi connectivity index (χ2v) is 11.2. The molecule has 1 heterocycles. The van der Waals surface area contributed by atoms with E-state index < -0.39 is 11.7 Å². The number of hydrogen-bond donors (Lipinski definition) is 3. The first-order valence-electron chi connectivity index (χ1n) is 15.9. The molecule has 1 aliphatic rings. The molecule has 1 fully saturated rings. The zero-order chi connectivity index (χ0) is 31.1. The van der Waals surface area contributed by atoms with E-state index in [0.29, 0.717) is 25.4 Å². The minimum Gasteiger partial charge on any atom is -0.388 e. The molecule has 0 aliphatic heterocycles. The molecule has 0 unspecified atom stereocenters. The van der Waals surface area contributed by atoms with Gasteiger partial charge in [-0.15, -0.1) is 0 Å². The van der Waals surface area contributed by atoms with Crippen LogP contribution in [0.1, 0.15) is 117 Å². The van der Waals surface area contributed by atoms with Gasteiger partial charge in [0.15, 0.2) is 0 Å². The summed E-state index contributed by atoms with van der Waals surface area (Å²) in [5, 5.41) is 6.31. The molecule has 0 bridgehead atoms. The van der Waals surface area contributed by atoms with Gasteiger partial charge in [-0.25, -0.2) is 4.98 Å². The van der Waals surface area contributed by atoms with Crippen molar-refractivity contribution < 1.29 is 18.0 Å². The molecule has 0 spiro atoms. The maximum atomic E-state index is 13.8. The minimum atomic E-state index is -4.63. The lowest BCUT2D eigenvalue weighted by Crippen LogP contribution is -2.41. The van der Waals surface area contributed by atoms with Gasteiger partial charge >= 0.3 is 6.18 Å². The first-order chi connectivity index (χ1) is 20.1. The fourth-order valence-electron chi connectivity index (χ4n) is 5.24. The molecule has 2 rings (SSSR count). The Bertz CT molecular complexity index is 1010. The number of aliphatic imine (C=N–C) groups is 1. The summed E-state index contributed by atoms with van der Waals surface area (Å²) >= 11 is 0. The van der Waals surface area contributed by atoms with Gasteiger partial charge in [0.05, 0.1) is 0 Å². The second-order valence-electron chi connectivity index (χ2n) is 11.2. The van der Waals surface area contributed by atoms with E-state index in [2.05, 4.69) is 53.3 Å². The van der Waals surface area contributed by atoms with E-state index in [1.165, 1.54) is 0 Å². The number of hydrogen-bond acceptors (Lipinski definition) is 6. The van der Waals surface area contributed by atoms with Crippen molar-refractivity contribution in [2.75, 3.05) is 18.4 Å². The number of nitrogens with zero attached hydrogens (tertiary/aromatic N) is 4. The van der Waals surface area contributed by atoms with Crippen LogP contribution in [0.15, 0.2) is 23.0 Å². The first kappa shape index (κ1) is 35.3. The molecule has 0 radical (unpaired) electrons. The summed E-state index contributed by atoms with van der Waals surface area (Å²) < 4.78 is 41.4. The third-order valence-electron chi connectivity index (χ3n) is 7.54. The number of alkyl halides is 3. The van der Waals surface area contributed by atoms with Crippen LogP contribution in [0.2, 0.25) is 0 Å². The van der Waals surface area contributed by atoms with Crippen molar-refractivity contribution in [3.05, 3.63) is 23.5 Å². The molecule has 8 nitrogen and oxygen atoms in total. The summed E-state index contributed by atoms with van der Waals surface area (Å²) in [6.07, 6.45) is 8.85. The predicted molar refractivity (Wildman–Crippen MR) is 165 cm³/mol. The van der Waals surface area contributed by atoms with Gasteiger partial charge in [-0.1, -0.05) is 60.3 Å². The number of anilines is 1. The summed E-state index contributed by atoms with van der Waals surface area (Å²) in [5.74, 6) is 0.0973. The van der Waals surface area contributed by atoms with Gasteiger partial charge in [-0.3, -0.25) is 4.79 Å². The topological polar surface area (TPSA) is 109 Å². The molecule has 1 saturated carbocycles. The van der Waals surface area contributed by atoms with Crippen molar-refractivity contribution in [2.24, 2.45) is 16.6 Å². The van der Waals surface area contributed by atoms with Crippen molar-refractivity contribution in [3.63, 3.8) is 0 Å². The number of rotatable bonds is 20. The molecule has 1 amide bonds. The summed E-state index contributed by atoms with van der Waals surface area (Å²) in [7, 11) is 0. The van der Waals surface area contributed by atoms with Crippen LogP contribution in [-0.2, 0) is 11.0 Å². The third-order valence-corrected chi connectivity index (χ3v) is 7.54. The Kier molecular flexibility index (Phi) is 15.1. The Labute approximate surface area is 250 Å². The van der Waals surface area contributed by atoms with E-state index in [1.54, 1.807) is 0 Å². The Morgan fingerprint density at radius 2 is 1.71 bits per heavy atom. The number of nitrogens with two attached hydrogens (primary N) is 1. The van der Waals surface area contributed by atoms with Crippen LogP contribution in [0, 0.1) is 5.92 Å². The lowest BCUT2D eigenvalue weighted by atomic mass is 10.0. The SMILES string of the molecule is CCCC(CCC)N/C=C(\C(N)=N\c1ncc(C(F)(F)F)c(NCCCN(C(=O)CC)C(CCC)CCC)n1)C1CC1. The number of carbonyl (C=O) groups excluding carboxylic acids is 1. The quantitative estimate of drug-likeness (QED) is 0.0827. The Morgan fingerprint density at radius 3 is 2.24 bits per heavy atom. The molecule has 0 saturated heterocycles. The van der Waals surface area contributed by atoms with Crippen molar-refractivity contribution in [1.82, 2.24) is 20.2 Å². The van der Waals surface area contributed by atoms with E-state index in [9.17, 15) is 18.0 Å². The zero-order valence-electron chi connectivity index (χ0n) is 26.2. The highest BCUT2D eigenvalue weighted by Crippen LogP contribution is 2.37. The van der Waals surface area contributed by atoms with Crippen molar-refractivity contribution in [1.29, 1.82) is 0 Å². The Hall–Kier alpha value is -2.85. The van der Waals surface area contributed by atoms with Crippen LogP contribution in [0.3, 0.4) is 0 Å². The van der Waals surface area contributed by atoms with E-state index >= 15 is 0 Å². The van der Waals surface area contributed by atoms with Crippen molar-refractivity contribution in [3.8, 4) is 0 Å². The number of amides is 1. The van der Waals surface area contributed by atoms with E-state index in [1.807, 2.05) is 18.0 Å². The van der Waals surface area contributed by atoms with Crippen LogP contribution in [0.4, 0.5) is 24.9 Å². The number of aromatic nitrogens is 2. The third kappa shape index (κ3) is 11.4. The molecule has 4 N–H and O–H groups in total. The number of carbonyl (C=O) groups is 1. The molecule has 1 aromatic rings. The van der Waals surface area contributed by atoms with Crippen LogP contribution in [0.5, 0.6) is 0 Å². The summed E-state index contributed by atoms with van der Waals surface area (Å²) in [5.41, 5.74) is 6.24. The fraction of sp³-hybridized carbons (Fsp3) is 0.742. The highest BCUT2D eigenvalue weighted by Gasteiger charge is 2.35. The molecule has 1 aromatic heterocycles. The normalized spacial score (nSPS) is 14.5. The van der Waals surface area contributed by atoms with Crippen molar-refractivity contribution in [2.45, 2.75) is 130 Å². The Morgan fingerprint density at radius 1 is 1.10 bits per heavy atom. The van der Waals surface area contributed by atoms with Gasteiger partial charge in [0.1, 0.15) is 17.2 Å². The predicted octanol–water partition coefficient (Wildman–Crippen LogP) is 7.35. The molecule has 0 atom stereocenters. The van der Waals surface area contributed by atoms with E-state index in [-0.39, 0.29) is 42.0 Å². The van der Waals surface area contributed by atoms with Gasteiger partial charge in [0.25, 0.3) is 5.95 Å². The molecule has 1 aliphatic carbocycles. The number of nitrogens with one attached hydrogen (secondary N) is 2. The minimum absolute atomic E-state index is 0.0664. The zero-order valence-corrected chi connectivity index (χ0v) is 26.2. The average Bonchev–Trinajstić information content (AvgIpc) is 3.78. The summed E-state index contributed by atoms with van der Waals surface area (Å²) in [6.45, 7) is 11.0. The smallest absolute Gasteiger partial charge is 0.388 e. The van der Waals surface area contributed by atoms with Gasteiger partial charge in [0.2, 0.25) is 5.91 Å². The molecule has 0 aromatic carbocycles. The van der Waals surface area contributed by atoms with Crippen LogP contribution < -0.4 is 16.4 Å². The first-order valence-corrected chi connectivity index (χ1v) is 15.9. The highest BCUT2D eigenvalue weighted by atomic mass is 19.4. The molecule has 238 valence electrons. The Balaban J connectivity index is 2.21. The molecular formula is C31H52F3N7O. The molecule has 42 heavy (non-hydrogen) atoms. The lowest BCUT2D eigenvalue weighted by molar-refractivity contribution is -0.137. The maximum Gasteiger partial charge on any atom is 0.421 e. The van der Waals surface area contributed by atoms with E-state index in [4.69, 9.17) is 5.73 Å². The monoisotopic (exact) mass is 595 g/mol. The highest BCUT2D eigenvalue weighted by molar-refractivity contribution is 5.99. The summed E-state index contributed by atoms with van der Waals surface area (Å²) in [4.78, 5) is 26.9. The largest absolute Gasteiger partial charge is 0.421 e. The number of amidine groups is 1. The van der Waals surface area contributed by atoms with Gasteiger partial charge in [-0.2, -0.15) is 23.1 Å². The van der Waals surface area contributed by atoms with Crippen LogP contribution in [0.25, 0.3) is 0 Å². The average molecular weight is 596 g/mol. The van der Waals surface area contributed by atoms with Crippen LogP contribution in [-0.4, -0.2) is 51.8 Å². The van der Waals surface area contributed by atoms with Crippen molar-refractivity contribution >= 4 is 23.5 Å². The van der Waals surface area contributed by atoms with Gasteiger partial charge in [-0.05, 0) is 50.9 Å². The number of halogens is 3. The van der Waals surface area contributed by atoms with Gasteiger partial charge < -0.3 is 21.3 Å². The molecule has 11 heteroatoms. The maximum absolute atomic E-state index is 13.8. The van der Waals surface area contributed by atoms with Gasteiger partial charge in [0, 0.05) is 49.6 Å². The summed E-state index contributed by atoms with van der Waals surface area (Å²) in [6, 6.07) is 0.478. The molecular weight excluding hydrogens is 543 g/mol. The fourth-order valence-corrected chi connectivity index (χ4v) is 5.24.